The van der Waals surface area contributed by atoms with Crippen LogP contribution in [-0.4, -0.2) is 7.85 Å². The molecule has 0 spiro atoms. The molecule has 0 aromatic rings. The van der Waals surface area contributed by atoms with Crippen molar-refractivity contribution >= 4 is 7.85 Å². The summed E-state index contributed by atoms with van der Waals surface area (Å²) in [6.07, 6.45) is 17.4. The van der Waals surface area contributed by atoms with Gasteiger partial charge < -0.3 is 0 Å². The van der Waals surface area contributed by atoms with E-state index in [-0.39, 0.29) is 0 Å². The fraction of sp³-hybridized carbons (Fsp3) is 0.857. The smallest absolute Gasteiger partial charge is 0.0699 e. The van der Waals surface area contributed by atoms with Gasteiger partial charge in [-0.3, -0.25) is 0 Å². The summed E-state index contributed by atoms with van der Waals surface area (Å²) in [7, 11) is 5.91. The first-order valence-electron chi connectivity index (χ1n) is 6.78. The van der Waals surface area contributed by atoms with Gasteiger partial charge in [-0.25, -0.2) is 0 Å². The van der Waals surface area contributed by atoms with Gasteiger partial charge in [0, 0.05) is 0 Å². The Bertz CT molecular complexity index is 195. The second-order valence-electron chi connectivity index (χ2n) is 5.46. The van der Waals surface area contributed by atoms with Gasteiger partial charge in [-0.2, -0.15) is 0 Å². The van der Waals surface area contributed by atoms with E-state index in [1.165, 1.54) is 57.8 Å². The summed E-state index contributed by atoms with van der Waals surface area (Å²) in [5, 5.41) is 0. The van der Waals surface area contributed by atoms with Crippen LogP contribution >= 0.6 is 0 Å². The number of hydrogen-bond acceptors (Lipinski definition) is 0. The maximum atomic E-state index is 5.91. The summed E-state index contributed by atoms with van der Waals surface area (Å²) in [5.74, 6) is 2.23. The minimum absolute atomic E-state index is 0.490. The molecule has 0 N–H and O–H groups in total. The van der Waals surface area contributed by atoms with E-state index in [2.05, 4.69) is 12.2 Å². The molecule has 15 heavy (non-hydrogen) atoms. The van der Waals surface area contributed by atoms with Gasteiger partial charge in [0.15, 0.2) is 0 Å². The van der Waals surface area contributed by atoms with Gasteiger partial charge in [0.05, 0.1) is 7.85 Å². The van der Waals surface area contributed by atoms with Crippen molar-refractivity contribution in [3.63, 3.8) is 0 Å². The minimum atomic E-state index is 0.490. The maximum absolute atomic E-state index is 5.91. The molecule has 82 valence electrons. The highest BCUT2D eigenvalue weighted by atomic mass is 14.2. The van der Waals surface area contributed by atoms with Gasteiger partial charge in [-0.05, 0) is 37.5 Å². The van der Waals surface area contributed by atoms with Crippen molar-refractivity contribution in [3.8, 4) is 0 Å². The zero-order chi connectivity index (χ0) is 10.5. The van der Waals surface area contributed by atoms with Crippen molar-refractivity contribution in [2.24, 2.45) is 11.8 Å². The third kappa shape index (κ3) is 3.70. The van der Waals surface area contributed by atoms with E-state index in [1.807, 2.05) is 0 Å². The molecule has 0 aromatic heterocycles. The molecule has 0 aromatic carbocycles. The minimum Gasteiger partial charge on any atom is -0.0851 e. The zero-order valence-corrected chi connectivity index (χ0v) is 9.83. The fourth-order valence-corrected chi connectivity index (χ4v) is 2.98. The Morgan fingerprint density at radius 1 is 0.667 bits per heavy atom. The largest absolute Gasteiger partial charge is 0.0851 e. The van der Waals surface area contributed by atoms with E-state index < -0.39 is 0 Å². The first-order chi connectivity index (χ1) is 7.34. The van der Waals surface area contributed by atoms with Crippen LogP contribution in [0.3, 0.4) is 0 Å². The average Bonchev–Trinajstić information content (AvgIpc) is 2.30. The molecular weight excluding hydrogens is 179 g/mol. The van der Waals surface area contributed by atoms with Crippen LogP contribution < -0.4 is 0 Å². The van der Waals surface area contributed by atoms with Crippen LogP contribution in [0.15, 0.2) is 12.2 Å². The van der Waals surface area contributed by atoms with Gasteiger partial charge in [0.1, 0.15) is 0 Å². The second-order valence-corrected chi connectivity index (χ2v) is 5.46. The molecule has 0 heterocycles. The van der Waals surface area contributed by atoms with Gasteiger partial charge in [0.25, 0.3) is 0 Å². The molecule has 2 saturated carbocycles. The van der Waals surface area contributed by atoms with E-state index in [0.29, 0.717) is 5.82 Å². The molecule has 2 radical (unpaired) electrons. The lowest BCUT2D eigenvalue weighted by Crippen LogP contribution is -2.10. The molecular formula is C14H23B. The van der Waals surface area contributed by atoms with Crippen molar-refractivity contribution in [3.05, 3.63) is 12.2 Å². The maximum Gasteiger partial charge on any atom is 0.0699 e. The van der Waals surface area contributed by atoms with Crippen molar-refractivity contribution in [2.75, 3.05) is 0 Å². The van der Waals surface area contributed by atoms with Gasteiger partial charge in [-0.1, -0.05) is 50.1 Å². The number of hydrogen-bond donors (Lipinski definition) is 0. The highest BCUT2D eigenvalue weighted by molar-refractivity contribution is 6.11. The normalized spacial score (nSPS) is 34.7. The highest BCUT2D eigenvalue weighted by Gasteiger charge is 2.16. The Kier molecular flexibility index (Phi) is 4.35. The Morgan fingerprint density at radius 2 is 1.20 bits per heavy atom. The van der Waals surface area contributed by atoms with Gasteiger partial charge in [-0.15, -0.1) is 0 Å². The first kappa shape index (κ1) is 11.3. The van der Waals surface area contributed by atoms with E-state index in [1.54, 1.807) is 0 Å². The molecule has 2 rings (SSSR count). The summed E-state index contributed by atoms with van der Waals surface area (Å²) >= 11 is 0. The molecule has 2 aliphatic carbocycles. The quantitative estimate of drug-likeness (QED) is 0.463. The molecule has 0 atom stereocenters. The van der Waals surface area contributed by atoms with Crippen LogP contribution in [0.25, 0.3) is 0 Å². The Hall–Kier alpha value is -0.195. The van der Waals surface area contributed by atoms with Crippen molar-refractivity contribution in [1.29, 1.82) is 0 Å². The molecule has 0 bridgehead atoms. The summed E-state index contributed by atoms with van der Waals surface area (Å²) < 4.78 is 0. The van der Waals surface area contributed by atoms with Crippen LogP contribution in [0, 0.1) is 11.8 Å². The van der Waals surface area contributed by atoms with E-state index in [4.69, 9.17) is 7.85 Å². The molecule has 0 nitrogen and oxygen atoms in total. The van der Waals surface area contributed by atoms with E-state index in [9.17, 15) is 0 Å². The van der Waals surface area contributed by atoms with Crippen molar-refractivity contribution in [1.82, 2.24) is 0 Å². The molecule has 0 amide bonds. The Balaban J connectivity index is 1.73. The lowest BCUT2D eigenvalue weighted by molar-refractivity contribution is 0.401. The predicted octanol–water partition coefficient (Wildman–Crippen LogP) is 4.27. The van der Waals surface area contributed by atoms with Crippen LogP contribution in [0.5, 0.6) is 0 Å². The number of allylic oxidation sites excluding steroid dienone is 2. The van der Waals surface area contributed by atoms with Crippen molar-refractivity contribution in [2.45, 2.75) is 63.6 Å². The highest BCUT2D eigenvalue weighted by Crippen LogP contribution is 2.32. The van der Waals surface area contributed by atoms with Crippen LogP contribution in [0.2, 0.25) is 5.82 Å². The summed E-state index contributed by atoms with van der Waals surface area (Å²) in [5.41, 5.74) is 0. The lowest BCUT2D eigenvalue weighted by atomic mass is 9.72. The summed E-state index contributed by atoms with van der Waals surface area (Å²) in [6.45, 7) is 0. The molecule has 0 aliphatic heterocycles. The third-order valence-corrected chi connectivity index (χ3v) is 4.12. The standard InChI is InChI=1S/C14H23B/c15-14-10-8-13(9-11-14)7-6-12-4-2-1-3-5-12/h6-7,12-14H,1-5,8-11H2. The van der Waals surface area contributed by atoms with Gasteiger partial charge in [0.2, 0.25) is 0 Å². The first-order valence-corrected chi connectivity index (χ1v) is 6.78. The average molecular weight is 202 g/mol. The van der Waals surface area contributed by atoms with Gasteiger partial charge >= 0.3 is 0 Å². The topological polar surface area (TPSA) is 0 Å². The molecule has 0 saturated heterocycles. The van der Waals surface area contributed by atoms with E-state index in [0.717, 1.165) is 11.8 Å². The van der Waals surface area contributed by atoms with Crippen LogP contribution in [0.4, 0.5) is 0 Å². The Labute approximate surface area is 95.9 Å². The number of rotatable bonds is 2. The monoisotopic (exact) mass is 202 g/mol. The Morgan fingerprint density at radius 3 is 1.80 bits per heavy atom. The summed E-state index contributed by atoms with van der Waals surface area (Å²) in [6, 6.07) is 0. The second kappa shape index (κ2) is 5.77. The SMILES string of the molecule is [B]C1CCC(C=CC2CCCCC2)CC1. The van der Waals surface area contributed by atoms with Crippen molar-refractivity contribution < 1.29 is 0 Å². The molecule has 1 heteroatoms. The molecule has 2 aliphatic rings. The van der Waals surface area contributed by atoms with E-state index >= 15 is 0 Å². The summed E-state index contributed by atoms with van der Waals surface area (Å²) in [4.78, 5) is 0. The lowest BCUT2D eigenvalue weighted by Gasteiger charge is -2.25. The predicted molar refractivity (Wildman–Crippen MR) is 67.2 cm³/mol. The van der Waals surface area contributed by atoms with Crippen LogP contribution in [0.1, 0.15) is 57.8 Å². The molecule has 0 unspecified atom stereocenters. The fourth-order valence-electron chi connectivity index (χ4n) is 2.98. The molecule has 2 fully saturated rings. The van der Waals surface area contributed by atoms with Crippen LogP contribution in [-0.2, 0) is 0 Å². The zero-order valence-electron chi connectivity index (χ0n) is 9.83. The third-order valence-electron chi connectivity index (χ3n) is 4.12.